The lowest BCUT2D eigenvalue weighted by molar-refractivity contribution is 0.126. The fraction of sp³-hybridized carbons (Fsp3) is 0.615. The molecule has 0 amide bonds. The van der Waals surface area contributed by atoms with Gasteiger partial charge in [-0.05, 0) is 25.7 Å². The highest BCUT2D eigenvalue weighted by Gasteiger charge is 2.42. The van der Waals surface area contributed by atoms with Crippen LogP contribution in [0.4, 0.5) is 5.82 Å². The van der Waals surface area contributed by atoms with Crippen LogP contribution in [0.3, 0.4) is 0 Å². The Bertz CT molecular complexity index is 593. The third kappa shape index (κ3) is 1.63. The number of aliphatic hydroxyl groups is 1. The summed E-state index contributed by atoms with van der Waals surface area (Å²) < 4.78 is 2.10. The maximum Gasteiger partial charge on any atom is 0.195 e. The average Bonchev–Trinajstić information content (AvgIpc) is 3.00. The number of nitrogens with zero attached hydrogens (tertiary/aromatic N) is 3. The van der Waals surface area contributed by atoms with Crippen LogP contribution in [0.15, 0.2) is 11.6 Å². The summed E-state index contributed by atoms with van der Waals surface area (Å²) in [5.74, 6) is 1.05. The van der Waals surface area contributed by atoms with Gasteiger partial charge in [0.05, 0.1) is 11.8 Å². The zero-order chi connectivity index (χ0) is 13.0. The molecule has 2 atom stereocenters. The van der Waals surface area contributed by atoms with Crippen molar-refractivity contribution < 1.29 is 5.11 Å². The van der Waals surface area contributed by atoms with Crippen molar-refractivity contribution in [3.8, 4) is 0 Å². The summed E-state index contributed by atoms with van der Waals surface area (Å²) in [6.45, 7) is 0.506. The van der Waals surface area contributed by atoms with Crippen molar-refractivity contribution in [3.63, 3.8) is 0 Å². The van der Waals surface area contributed by atoms with Crippen LogP contribution in [0.25, 0.3) is 4.96 Å². The molecule has 2 saturated heterocycles. The highest BCUT2D eigenvalue weighted by molar-refractivity contribution is 7.15. The fourth-order valence-electron chi connectivity index (χ4n) is 3.71. The lowest BCUT2D eigenvalue weighted by Gasteiger charge is -2.38. The number of nitrogens with two attached hydrogens (primary N) is 1. The molecule has 4 heterocycles. The number of piperidine rings is 1. The van der Waals surface area contributed by atoms with Crippen LogP contribution >= 0.6 is 11.3 Å². The first-order valence-corrected chi connectivity index (χ1v) is 7.76. The first-order chi connectivity index (χ1) is 9.28. The van der Waals surface area contributed by atoms with E-state index in [0.717, 1.165) is 42.2 Å². The van der Waals surface area contributed by atoms with E-state index in [1.165, 1.54) is 0 Å². The Hall–Kier alpha value is -1.11. The molecule has 0 saturated carbocycles. The van der Waals surface area contributed by atoms with Crippen LogP contribution in [-0.2, 0) is 6.54 Å². The Morgan fingerprint density at radius 2 is 2.11 bits per heavy atom. The molecule has 2 aliphatic rings. The predicted octanol–water partition coefficient (Wildman–Crippen LogP) is 1.35. The van der Waals surface area contributed by atoms with Crippen molar-refractivity contribution >= 4 is 22.1 Å². The van der Waals surface area contributed by atoms with Gasteiger partial charge in [-0.25, -0.2) is 4.98 Å². The van der Waals surface area contributed by atoms with Crippen molar-refractivity contribution in [2.45, 2.75) is 50.4 Å². The van der Waals surface area contributed by atoms with Gasteiger partial charge in [0.2, 0.25) is 0 Å². The van der Waals surface area contributed by atoms with Gasteiger partial charge in [-0.15, -0.1) is 11.3 Å². The van der Waals surface area contributed by atoms with Crippen molar-refractivity contribution in [1.82, 2.24) is 9.38 Å². The minimum absolute atomic E-state index is 0.140. The number of imidazole rings is 1. The number of anilines is 1. The topological polar surface area (TPSA) is 66.8 Å². The molecule has 2 aromatic rings. The summed E-state index contributed by atoms with van der Waals surface area (Å²) in [4.78, 5) is 8.22. The van der Waals surface area contributed by atoms with E-state index in [1.54, 1.807) is 11.3 Å². The van der Waals surface area contributed by atoms with Crippen LogP contribution in [0.1, 0.15) is 31.4 Å². The van der Waals surface area contributed by atoms with Crippen molar-refractivity contribution in [1.29, 1.82) is 0 Å². The third-order valence-corrected chi connectivity index (χ3v) is 5.24. The fourth-order valence-corrected chi connectivity index (χ4v) is 4.44. The number of aliphatic hydroxyl groups excluding tert-OH is 1. The van der Waals surface area contributed by atoms with Gasteiger partial charge in [-0.2, -0.15) is 0 Å². The molecule has 5 nitrogen and oxygen atoms in total. The molecular formula is C13H18N4OS. The minimum Gasteiger partial charge on any atom is -0.393 e. The molecule has 102 valence electrons. The van der Waals surface area contributed by atoms with E-state index in [2.05, 4.69) is 9.30 Å². The van der Waals surface area contributed by atoms with Crippen LogP contribution in [0, 0.1) is 0 Å². The molecule has 2 aromatic heterocycles. The second kappa shape index (κ2) is 4.19. The van der Waals surface area contributed by atoms with Gasteiger partial charge in [-0.1, -0.05) is 0 Å². The van der Waals surface area contributed by atoms with E-state index in [1.807, 2.05) is 11.6 Å². The molecule has 2 aliphatic heterocycles. The van der Waals surface area contributed by atoms with E-state index in [4.69, 9.17) is 10.7 Å². The maximum atomic E-state index is 9.91. The van der Waals surface area contributed by atoms with Crippen molar-refractivity contribution in [2.75, 3.05) is 4.90 Å². The maximum absolute atomic E-state index is 9.91. The quantitative estimate of drug-likeness (QED) is 0.870. The summed E-state index contributed by atoms with van der Waals surface area (Å²) in [5, 5.41) is 11.9. The Labute approximate surface area is 115 Å². The second-order valence-corrected chi connectivity index (χ2v) is 6.43. The normalized spacial score (nSPS) is 30.4. The minimum atomic E-state index is -0.140. The van der Waals surface area contributed by atoms with E-state index < -0.39 is 0 Å². The molecule has 19 heavy (non-hydrogen) atoms. The molecule has 3 N–H and O–H groups in total. The Morgan fingerprint density at radius 1 is 1.37 bits per heavy atom. The lowest BCUT2D eigenvalue weighted by atomic mass is 10.00. The molecule has 2 fully saturated rings. The zero-order valence-electron chi connectivity index (χ0n) is 10.7. The van der Waals surface area contributed by atoms with E-state index >= 15 is 0 Å². The first kappa shape index (κ1) is 11.7. The van der Waals surface area contributed by atoms with Gasteiger partial charge in [0, 0.05) is 30.2 Å². The van der Waals surface area contributed by atoms with E-state index in [-0.39, 0.29) is 6.10 Å². The average molecular weight is 278 g/mol. The third-order valence-electron chi connectivity index (χ3n) is 4.49. The first-order valence-electron chi connectivity index (χ1n) is 6.89. The molecule has 4 rings (SSSR count). The number of aromatic nitrogens is 2. The SMILES string of the molecule is NCc1c(N2C3CCC2CC(O)C3)nc2sccn12. The number of hydrogen-bond acceptors (Lipinski definition) is 5. The van der Waals surface area contributed by atoms with Gasteiger partial charge in [0.1, 0.15) is 0 Å². The number of fused-ring (bicyclic) bond motifs is 3. The molecule has 0 spiro atoms. The molecule has 2 unspecified atom stereocenters. The summed E-state index contributed by atoms with van der Waals surface area (Å²) in [7, 11) is 0. The summed E-state index contributed by atoms with van der Waals surface area (Å²) in [6.07, 6.45) is 5.96. The largest absolute Gasteiger partial charge is 0.393 e. The zero-order valence-corrected chi connectivity index (χ0v) is 11.5. The van der Waals surface area contributed by atoms with E-state index in [0.29, 0.717) is 18.6 Å². The van der Waals surface area contributed by atoms with Crippen LogP contribution < -0.4 is 10.6 Å². The Kier molecular flexibility index (Phi) is 2.58. The monoisotopic (exact) mass is 278 g/mol. The number of thiazole rings is 1. The molecular weight excluding hydrogens is 260 g/mol. The van der Waals surface area contributed by atoms with E-state index in [9.17, 15) is 5.11 Å². The second-order valence-electron chi connectivity index (χ2n) is 5.56. The Balaban J connectivity index is 1.80. The van der Waals surface area contributed by atoms with Crippen LogP contribution in [0.2, 0.25) is 0 Å². The number of hydrogen-bond donors (Lipinski definition) is 2. The summed E-state index contributed by atoms with van der Waals surface area (Å²) in [6, 6.07) is 0.868. The number of rotatable bonds is 2. The molecule has 0 aliphatic carbocycles. The van der Waals surface area contributed by atoms with Crippen molar-refractivity contribution in [3.05, 3.63) is 17.3 Å². The Morgan fingerprint density at radius 3 is 2.79 bits per heavy atom. The highest BCUT2D eigenvalue weighted by atomic mass is 32.1. The molecule has 6 heteroatoms. The summed E-state index contributed by atoms with van der Waals surface area (Å²) in [5.41, 5.74) is 7.03. The summed E-state index contributed by atoms with van der Waals surface area (Å²) >= 11 is 1.65. The van der Waals surface area contributed by atoms with Gasteiger partial charge in [-0.3, -0.25) is 4.40 Å². The standard InChI is InChI=1S/C13H18N4OS/c14-7-11-12(15-13-16(11)3-4-19-13)17-8-1-2-9(17)6-10(18)5-8/h3-4,8-10,18H,1-2,5-7,14H2. The molecule has 2 bridgehead atoms. The molecule has 0 radical (unpaired) electrons. The predicted molar refractivity (Wildman–Crippen MR) is 75.5 cm³/mol. The molecule has 0 aromatic carbocycles. The smallest absolute Gasteiger partial charge is 0.195 e. The van der Waals surface area contributed by atoms with Gasteiger partial charge in [0.15, 0.2) is 10.8 Å². The van der Waals surface area contributed by atoms with Gasteiger partial charge in [0.25, 0.3) is 0 Å². The van der Waals surface area contributed by atoms with Crippen molar-refractivity contribution in [2.24, 2.45) is 5.73 Å². The highest BCUT2D eigenvalue weighted by Crippen LogP contribution is 2.40. The van der Waals surface area contributed by atoms with Crippen LogP contribution in [0.5, 0.6) is 0 Å². The van der Waals surface area contributed by atoms with Gasteiger partial charge < -0.3 is 15.7 Å². The van der Waals surface area contributed by atoms with Crippen LogP contribution in [-0.4, -0.2) is 32.7 Å². The van der Waals surface area contributed by atoms with Gasteiger partial charge >= 0.3 is 0 Å². The lowest BCUT2D eigenvalue weighted by Crippen LogP contribution is -2.45.